The topological polar surface area (TPSA) is 63.4 Å². The van der Waals surface area contributed by atoms with Gasteiger partial charge in [0.25, 0.3) is 0 Å². The van der Waals surface area contributed by atoms with Gasteiger partial charge in [0.05, 0.1) is 0 Å². The van der Waals surface area contributed by atoms with Crippen LogP contribution in [0.5, 0.6) is 0 Å². The van der Waals surface area contributed by atoms with Gasteiger partial charge in [-0.2, -0.15) is 13.2 Å². The van der Waals surface area contributed by atoms with Crippen LogP contribution in [0.4, 0.5) is 13.2 Å². The molecule has 1 N–H and O–H groups in total. The van der Waals surface area contributed by atoms with Gasteiger partial charge < -0.3 is 5.11 Å². The highest BCUT2D eigenvalue weighted by atomic mass is 19.4. The molecule has 0 amide bonds. The second-order valence-electron chi connectivity index (χ2n) is 1.84. The first kappa shape index (κ1) is 8.25. The van der Waals surface area contributed by atoms with E-state index in [0.717, 1.165) is 0 Å². The number of nitro groups is 1. The van der Waals surface area contributed by atoms with Gasteiger partial charge in [-0.15, -0.1) is 0 Å². The Bertz CT molecular complexity index is 192. The number of aliphatic hydroxyl groups is 1. The average Bonchev–Trinajstić information content (AvgIpc) is 1.83. The van der Waals surface area contributed by atoms with Gasteiger partial charge in [-0.25, -0.2) is 0 Å². The van der Waals surface area contributed by atoms with Crippen molar-refractivity contribution in [1.82, 2.24) is 0 Å². The van der Waals surface area contributed by atoms with Gasteiger partial charge in [0.15, 0.2) is 0 Å². The van der Waals surface area contributed by atoms with Crippen LogP contribution in [0.25, 0.3) is 0 Å². The lowest BCUT2D eigenvalue weighted by Gasteiger charge is -2.14. The lowest BCUT2D eigenvalue weighted by molar-refractivity contribution is -0.539. The summed E-state index contributed by atoms with van der Waals surface area (Å²) < 4.78 is 41.5. The minimum absolute atomic E-state index is 0.380. The first-order valence-corrected chi connectivity index (χ1v) is 2.49. The van der Waals surface area contributed by atoms with E-state index in [4.69, 9.17) is 6.48 Å². The molecule has 2 unspecified atom stereocenters. The second kappa shape index (κ2) is 3.04. The first-order valence-electron chi connectivity index (χ1n) is 2.99. The number of nitrogens with zero attached hydrogens (tertiary/aromatic N) is 1. The maximum atomic E-state index is 11.6. The molecule has 2 atom stereocenters. The standard InChI is InChI=1S/C4H6F3NO3/c1-2(8(10)11)3(9)4(5,6)7/h2-3,9H,1H3/i2D. The smallest absolute Gasteiger partial charge is 0.378 e. The zero-order chi connectivity index (χ0) is 10.2. The van der Waals surface area contributed by atoms with Gasteiger partial charge in [0.2, 0.25) is 12.1 Å². The highest BCUT2D eigenvalue weighted by molar-refractivity contribution is 4.70. The number of alkyl halides is 3. The Hall–Kier alpha value is -0.850. The van der Waals surface area contributed by atoms with E-state index in [9.17, 15) is 23.3 Å². The zero-order valence-corrected chi connectivity index (χ0v) is 5.42. The fraction of sp³-hybridized carbons (Fsp3) is 1.00. The monoisotopic (exact) mass is 174 g/mol. The minimum Gasteiger partial charge on any atom is -0.378 e. The van der Waals surface area contributed by atoms with Gasteiger partial charge >= 0.3 is 6.18 Å². The third-order valence-corrected chi connectivity index (χ3v) is 0.994. The molecule has 0 aromatic rings. The van der Waals surface area contributed by atoms with Crippen molar-refractivity contribution < 1.29 is 24.6 Å². The summed E-state index contributed by atoms with van der Waals surface area (Å²) in [5, 5.41) is 18.2. The van der Waals surface area contributed by atoms with Crippen LogP contribution < -0.4 is 0 Å². The molecule has 0 saturated heterocycles. The summed E-state index contributed by atoms with van der Waals surface area (Å²) in [5.74, 6) is 0. The molecular formula is C4H6F3NO3. The molecule has 0 radical (unpaired) electrons. The average molecular weight is 174 g/mol. The molecule has 0 aliphatic rings. The van der Waals surface area contributed by atoms with Gasteiger partial charge in [0.1, 0.15) is 1.37 Å². The zero-order valence-electron chi connectivity index (χ0n) is 6.42. The van der Waals surface area contributed by atoms with E-state index in [0.29, 0.717) is 6.92 Å². The molecule has 0 aliphatic carbocycles. The Balaban J connectivity index is 4.69. The maximum absolute atomic E-state index is 11.6. The summed E-state index contributed by atoms with van der Waals surface area (Å²) >= 11 is 0. The number of aliphatic hydroxyl groups excluding tert-OH is 1. The lowest BCUT2D eigenvalue weighted by Crippen LogP contribution is -2.42. The van der Waals surface area contributed by atoms with Crippen molar-refractivity contribution in [2.24, 2.45) is 0 Å². The van der Waals surface area contributed by atoms with Crippen molar-refractivity contribution in [2.75, 3.05) is 0 Å². The van der Waals surface area contributed by atoms with Crippen LogP contribution in [0.15, 0.2) is 0 Å². The SMILES string of the molecule is [2H]C(C)(C(O)C(F)(F)F)[N+](=O)[O-]. The van der Waals surface area contributed by atoms with Crippen molar-refractivity contribution >= 4 is 0 Å². The van der Waals surface area contributed by atoms with E-state index in [1.54, 1.807) is 0 Å². The van der Waals surface area contributed by atoms with Crippen LogP contribution >= 0.6 is 0 Å². The summed E-state index contributed by atoms with van der Waals surface area (Å²) in [6.45, 7) is 0.380. The van der Waals surface area contributed by atoms with Crippen molar-refractivity contribution in [1.29, 1.82) is 0 Å². The number of hydrogen-bond donors (Lipinski definition) is 1. The van der Waals surface area contributed by atoms with E-state index in [-0.39, 0.29) is 0 Å². The molecule has 7 heteroatoms. The molecule has 66 valence electrons. The van der Waals surface area contributed by atoms with Crippen molar-refractivity contribution in [3.05, 3.63) is 10.1 Å². The normalized spacial score (nSPS) is 21.7. The predicted molar refractivity (Wildman–Crippen MR) is 28.5 cm³/mol. The summed E-state index contributed by atoms with van der Waals surface area (Å²) in [7, 11) is 0. The molecule has 0 aromatic carbocycles. The molecule has 0 spiro atoms. The number of rotatable bonds is 2. The molecule has 0 aliphatic heterocycles. The molecule has 0 aromatic heterocycles. The van der Waals surface area contributed by atoms with E-state index in [2.05, 4.69) is 0 Å². The highest BCUT2D eigenvalue weighted by Crippen LogP contribution is 2.23. The van der Waals surface area contributed by atoms with E-state index in [1.165, 1.54) is 0 Å². The van der Waals surface area contributed by atoms with Crippen LogP contribution in [0, 0.1) is 10.1 Å². The Labute approximate surface area is 61.2 Å². The van der Waals surface area contributed by atoms with Gasteiger partial charge in [-0.1, -0.05) is 0 Å². The fourth-order valence-electron chi connectivity index (χ4n) is 0.337. The van der Waals surface area contributed by atoms with Crippen molar-refractivity contribution in [3.63, 3.8) is 0 Å². The van der Waals surface area contributed by atoms with E-state index in [1.807, 2.05) is 0 Å². The minimum atomic E-state index is -5.15. The molecule has 0 rings (SSSR count). The molecule has 11 heavy (non-hydrogen) atoms. The van der Waals surface area contributed by atoms with Crippen molar-refractivity contribution in [2.45, 2.75) is 25.2 Å². The Morgan fingerprint density at radius 2 is 2.09 bits per heavy atom. The van der Waals surface area contributed by atoms with Crippen molar-refractivity contribution in [3.8, 4) is 0 Å². The number of halogens is 3. The van der Waals surface area contributed by atoms with Crippen LogP contribution in [0.2, 0.25) is 0 Å². The number of hydrogen-bond acceptors (Lipinski definition) is 3. The Kier molecular flexibility index (Phi) is 2.28. The molecule has 0 bridgehead atoms. The quantitative estimate of drug-likeness (QED) is 0.491. The van der Waals surface area contributed by atoms with Crippen LogP contribution in [0.3, 0.4) is 0 Å². The van der Waals surface area contributed by atoms with Crippen LogP contribution in [-0.2, 0) is 0 Å². The lowest BCUT2D eigenvalue weighted by atomic mass is 10.2. The Morgan fingerprint density at radius 1 is 1.73 bits per heavy atom. The first-order chi connectivity index (χ1) is 5.10. The Morgan fingerprint density at radius 3 is 2.18 bits per heavy atom. The van der Waals surface area contributed by atoms with Gasteiger partial charge in [0, 0.05) is 11.8 Å². The van der Waals surface area contributed by atoms with Crippen LogP contribution in [-0.4, -0.2) is 28.3 Å². The predicted octanol–water partition coefficient (Wildman–Crippen LogP) is 0.575. The van der Waals surface area contributed by atoms with Gasteiger partial charge in [-0.3, -0.25) is 10.1 Å². The molecule has 0 heterocycles. The third-order valence-electron chi connectivity index (χ3n) is 0.994. The third kappa shape index (κ3) is 2.71. The van der Waals surface area contributed by atoms with E-state index >= 15 is 0 Å². The molecule has 4 nitrogen and oxygen atoms in total. The fourth-order valence-corrected chi connectivity index (χ4v) is 0.337. The highest BCUT2D eigenvalue weighted by Gasteiger charge is 2.47. The largest absolute Gasteiger partial charge is 0.421 e. The van der Waals surface area contributed by atoms with Crippen LogP contribution in [0.1, 0.15) is 8.29 Å². The van der Waals surface area contributed by atoms with E-state index < -0.39 is 23.2 Å². The molecular weight excluding hydrogens is 167 g/mol. The summed E-state index contributed by atoms with van der Waals surface area (Å²) in [5.41, 5.74) is 0. The molecule has 0 fully saturated rings. The summed E-state index contributed by atoms with van der Waals surface area (Å²) in [6.07, 6.45) is -8.43. The van der Waals surface area contributed by atoms with Gasteiger partial charge in [-0.05, 0) is 0 Å². The summed E-state index contributed by atoms with van der Waals surface area (Å²) in [4.78, 5) is 8.37. The summed E-state index contributed by atoms with van der Waals surface area (Å²) in [6, 6.07) is -3.15. The maximum Gasteiger partial charge on any atom is 0.421 e. The molecule has 0 saturated carbocycles. The second-order valence-corrected chi connectivity index (χ2v) is 1.84.